The van der Waals surface area contributed by atoms with Crippen molar-refractivity contribution in [3.8, 4) is 0 Å². The Balaban J connectivity index is 1.95. The van der Waals surface area contributed by atoms with Crippen LogP contribution in [0.5, 0.6) is 0 Å². The summed E-state index contributed by atoms with van der Waals surface area (Å²) in [6.07, 6.45) is -1.04. The predicted octanol–water partition coefficient (Wildman–Crippen LogP) is 2.86. The van der Waals surface area contributed by atoms with Crippen LogP contribution in [0.15, 0.2) is 48.5 Å². The highest BCUT2D eigenvalue weighted by atomic mass is 16.5. The average molecular weight is 369 g/mol. The van der Waals surface area contributed by atoms with Gasteiger partial charge in [0.15, 0.2) is 11.9 Å². The summed E-state index contributed by atoms with van der Waals surface area (Å²) in [5.41, 5.74) is 1.51. The van der Waals surface area contributed by atoms with E-state index in [-0.39, 0.29) is 11.3 Å². The monoisotopic (exact) mass is 369 g/mol. The third-order valence-electron chi connectivity index (χ3n) is 3.75. The summed E-state index contributed by atoms with van der Waals surface area (Å²) >= 11 is 0. The van der Waals surface area contributed by atoms with Crippen LogP contribution in [-0.2, 0) is 14.3 Å². The molecule has 140 valence electrons. The summed E-state index contributed by atoms with van der Waals surface area (Å²) in [5, 5.41) is 2.61. The Bertz CT molecular complexity index is 855. The molecule has 1 unspecified atom stereocenters. The van der Waals surface area contributed by atoms with Crippen LogP contribution in [0.2, 0.25) is 0 Å². The van der Waals surface area contributed by atoms with Crippen LogP contribution in [0, 0.1) is 0 Å². The second kappa shape index (κ2) is 8.75. The van der Waals surface area contributed by atoms with Crippen molar-refractivity contribution in [2.75, 3.05) is 12.4 Å². The van der Waals surface area contributed by atoms with Gasteiger partial charge in [-0.15, -0.1) is 0 Å². The lowest BCUT2D eigenvalue weighted by molar-refractivity contribution is -0.123. The normalized spacial score (nSPS) is 11.2. The SMILES string of the molecule is COC(=O)c1ccc(C(=O)OC(C)C(=O)Nc2ccc(C(C)=O)cc2)cc1. The number of ketones is 1. The fourth-order valence-electron chi connectivity index (χ4n) is 2.17. The number of anilines is 1. The maximum atomic E-state index is 12.2. The number of hydrogen-bond donors (Lipinski definition) is 1. The fourth-order valence-corrected chi connectivity index (χ4v) is 2.17. The summed E-state index contributed by atoms with van der Waals surface area (Å²) < 4.78 is 9.72. The molecule has 0 radical (unpaired) electrons. The van der Waals surface area contributed by atoms with Crippen molar-refractivity contribution in [2.24, 2.45) is 0 Å². The fraction of sp³-hybridized carbons (Fsp3) is 0.200. The Labute approximate surface area is 156 Å². The van der Waals surface area contributed by atoms with E-state index in [0.717, 1.165) is 0 Å². The van der Waals surface area contributed by atoms with Gasteiger partial charge in [-0.1, -0.05) is 0 Å². The van der Waals surface area contributed by atoms with E-state index in [1.165, 1.54) is 45.2 Å². The molecule has 0 bridgehead atoms. The number of methoxy groups -OCH3 is 1. The molecule has 1 N–H and O–H groups in total. The molecule has 7 heteroatoms. The van der Waals surface area contributed by atoms with Crippen LogP contribution in [0.4, 0.5) is 5.69 Å². The van der Waals surface area contributed by atoms with Gasteiger partial charge in [-0.05, 0) is 62.4 Å². The Morgan fingerprint density at radius 2 is 1.30 bits per heavy atom. The first-order valence-electron chi connectivity index (χ1n) is 8.13. The van der Waals surface area contributed by atoms with E-state index < -0.39 is 23.9 Å². The number of esters is 2. The first-order chi connectivity index (χ1) is 12.8. The number of amides is 1. The van der Waals surface area contributed by atoms with Gasteiger partial charge in [-0.25, -0.2) is 9.59 Å². The average Bonchev–Trinajstić information content (AvgIpc) is 2.67. The third kappa shape index (κ3) is 5.24. The van der Waals surface area contributed by atoms with Crippen molar-refractivity contribution < 1.29 is 28.7 Å². The minimum Gasteiger partial charge on any atom is -0.465 e. The van der Waals surface area contributed by atoms with Gasteiger partial charge in [0.1, 0.15) is 0 Å². The topological polar surface area (TPSA) is 98.8 Å². The molecule has 0 saturated heterocycles. The van der Waals surface area contributed by atoms with Gasteiger partial charge < -0.3 is 14.8 Å². The number of rotatable bonds is 6. The lowest BCUT2D eigenvalue weighted by atomic mass is 10.1. The zero-order valence-electron chi connectivity index (χ0n) is 15.1. The van der Waals surface area contributed by atoms with Crippen molar-refractivity contribution in [2.45, 2.75) is 20.0 Å². The number of nitrogens with one attached hydrogen (secondary N) is 1. The minimum atomic E-state index is -1.04. The van der Waals surface area contributed by atoms with Crippen molar-refractivity contribution in [3.63, 3.8) is 0 Å². The molecule has 27 heavy (non-hydrogen) atoms. The highest BCUT2D eigenvalue weighted by Crippen LogP contribution is 2.12. The van der Waals surface area contributed by atoms with Crippen LogP contribution < -0.4 is 5.32 Å². The molecule has 0 saturated carbocycles. The standard InChI is InChI=1S/C20H19NO6/c1-12(22)14-8-10-17(11-9-14)21-18(23)13(2)27-20(25)16-6-4-15(5-7-16)19(24)26-3/h4-11,13H,1-3H3,(H,21,23). The van der Waals surface area contributed by atoms with Crippen molar-refractivity contribution in [1.29, 1.82) is 0 Å². The van der Waals surface area contributed by atoms with Crippen LogP contribution in [0.1, 0.15) is 44.9 Å². The molecule has 0 aliphatic rings. The highest BCUT2D eigenvalue weighted by Gasteiger charge is 2.19. The molecular formula is C20H19NO6. The molecule has 7 nitrogen and oxygen atoms in total. The Kier molecular flexibility index (Phi) is 6.43. The molecule has 2 rings (SSSR count). The molecule has 2 aromatic rings. The lowest BCUT2D eigenvalue weighted by Crippen LogP contribution is -2.30. The number of Topliss-reactive ketones (excluding diaryl/α,β-unsaturated/α-hetero) is 1. The van der Waals surface area contributed by atoms with Crippen LogP contribution >= 0.6 is 0 Å². The molecule has 0 heterocycles. The highest BCUT2D eigenvalue weighted by molar-refractivity contribution is 5.99. The number of carbonyl (C=O) groups is 4. The second-order valence-electron chi connectivity index (χ2n) is 5.74. The number of carbonyl (C=O) groups excluding carboxylic acids is 4. The number of benzene rings is 2. The van der Waals surface area contributed by atoms with Crippen molar-refractivity contribution >= 4 is 29.3 Å². The predicted molar refractivity (Wildman–Crippen MR) is 97.7 cm³/mol. The molecule has 0 aliphatic heterocycles. The summed E-state index contributed by atoms with van der Waals surface area (Å²) in [6, 6.07) is 12.1. The first kappa shape index (κ1) is 19.8. The Morgan fingerprint density at radius 1 is 0.815 bits per heavy atom. The van der Waals surface area contributed by atoms with Gasteiger partial charge in [-0.3, -0.25) is 9.59 Å². The van der Waals surface area contributed by atoms with Crippen LogP contribution in [0.3, 0.4) is 0 Å². The van der Waals surface area contributed by atoms with Gasteiger partial charge >= 0.3 is 11.9 Å². The third-order valence-corrected chi connectivity index (χ3v) is 3.75. The quantitative estimate of drug-likeness (QED) is 0.621. The van der Waals surface area contributed by atoms with Gasteiger partial charge in [-0.2, -0.15) is 0 Å². The van der Waals surface area contributed by atoms with E-state index in [0.29, 0.717) is 16.8 Å². The summed E-state index contributed by atoms with van der Waals surface area (Å²) in [6.45, 7) is 2.90. The van der Waals surface area contributed by atoms with Gasteiger partial charge in [0.05, 0.1) is 18.2 Å². The Morgan fingerprint density at radius 3 is 1.78 bits per heavy atom. The van der Waals surface area contributed by atoms with Gasteiger partial charge in [0, 0.05) is 11.3 Å². The van der Waals surface area contributed by atoms with E-state index in [4.69, 9.17) is 4.74 Å². The summed E-state index contributed by atoms with van der Waals surface area (Å²) in [5.74, 6) is -1.79. The summed E-state index contributed by atoms with van der Waals surface area (Å²) in [7, 11) is 1.26. The first-order valence-corrected chi connectivity index (χ1v) is 8.13. The minimum absolute atomic E-state index is 0.0756. The molecule has 0 aliphatic carbocycles. The molecule has 0 fully saturated rings. The lowest BCUT2D eigenvalue weighted by Gasteiger charge is -2.14. The Hall–Kier alpha value is -3.48. The van der Waals surface area contributed by atoms with Crippen molar-refractivity contribution in [3.05, 3.63) is 65.2 Å². The molecule has 0 aromatic heterocycles. The zero-order valence-corrected chi connectivity index (χ0v) is 15.1. The van der Waals surface area contributed by atoms with Crippen LogP contribution in [0.25, 0.3) is 0 Å². The second-order valence-corrected chi connectivity index (χ2v) is 5.74. The van der Waals surface area contributed by atoms with E-state index in [9.17, 15) is 19.2 Å². The van der Waals surface area contributed by atoms with Crippen molar-refractivity contribution in [1.82, 2.24) is 0 Å². The van der Waals surface area contributed by atoms with Gasteiger partial charge in [0.2, 0.25) is 0 Å². The maximum Gasteiger partial charge on any atom is 0.338 e. The van der Waals surface area contributed by atoms with E-state index in [1.807, 2.05) is 0 Å². The summed E-state index contributed by atoms with van der Waals surface area (Å²) in [4.78, 5) is 46.9. The van der Waals surface area contributed by atoms with Gasteiger partial charge in [0.25, 0.3) is 5.91 Å². The van der Waals surface area contributed by atoms with E-state index >= 15 is 0 Å². The van der Waals surface area contributed by atoms with E-state index in [1.54, 1.807) is 24.3 Å². The molecule has 1 amide bonds. The zero-order chi connectivity index (χ0) is 20.0. The molecule has 1 atom stereocenters. The van der Waals surface area contributed by atoms with E-state index in [2.05, 4.69) is 10.1 Å². The largest absolute Gasteiger partial charge is 0.465 e. The number of ether oxygens (including phenoxy) is 2. The maximum absolute atomic E-state index is 12.2. The molecule has 2 aromatic carbocycles. The molecular weight excluding hydrogens is 350 g/mol. The molecule has 0 spiro atoms. The van der Waals surface area contributed by atoms with Crippen LogP contribution in [-0.4, -0.2) is 36.8 Å². The number of hydrogen-bond acceptors (Lipinski definition) is 6. The smallest absolute Gasteiger partial charge is 0.338 e.